The average molecular weight is 306 g/mol. The van der Waals surface area contributed by atoms with Gasteiger partial charge in [-0.25, -0.2) is 14.4 Å². The predicted molar refractivity (Wildman–Crippen MR) is 87.1 cm³/mol. The first kappa shape index (κ1) is 16.4. The molecule has 0 saturated heterocycles. The van der Waals surface area contributed by atoms with Gasteiger partial charge in [-0.2, -0.15) is 0 Å². The lowest BCUT2D eigenvalue weighted by molar-refractivity contribution is 0.387. The van der Waals surface area contributed by atoms with E-state index in [4.69, 9.17) is 4.74 Å². The second-order valence-electron chi connectivity index (χ2n) is 5.79. The molecule has 22 heavy (non-hydrogen) atoms. The van der Waals surface area contributed by atoms with E-state index in [1.807, 2.05) is 14.1 Å². The number of halogens is 1. The number of likely N-dealkylation sites (N-methyl/N-ethyl adjacent to an activating group) is 1. The molecule has 2 aromatic rings. The topological polar surface area (TPSA) is 41.5 Å². The van der Waals surface area contributed by atoms with Crippen molar-refractivity contribution in [2.45, 2.75) is 19.9 Å². The highest BCUT2D eigenvalue weighted by Crippen LogP contribution is 2.30. The number of rotatable bonds is 6. The zero-order valence-corrected chi connectivity index (χ0v) is 13.8. The van der Waals surface area contributed by atoms with Gasteiger partial charge in [-0.05, 0) is 34.0 Å². The summed E-state index contributed by atoms with van der Waals surface area (Å²) in [5.74, 6) is 0.601. The minimum Gasteiger partial charge on any atom is -0.494 e. The highest BCUT2D eigenvalue weighted by molar-refractivity contribution is 5.90. The van der Waals surface area contributed by atoms with Crippen LogP contribution in [0.25, 0.3) is 10.9 Å². The van der Waals surface area contributed by atoms with Crippen molar-refractivity contribution < 1.29 is 9.13 Å². The summed E-state index contributed by atoms with van der Waals surface area (Å²) in [6, 6.07) is 3.34. The molecule has 1 aromatic carbocycles. The summed E-state index contributed by atoms with van der Waals surface area (Å²) in [4.78, 5) is 12.9. The number of nitrogens with zero attached hydrogens (tertiary/aromatic N) is 4. The Kier molecular flexibility index (Phi) is 5.13. The minimum absolute atomic E-state index is 0.208. The molecule has 120 valence electrons. The summed E-state index contributed by atoms with van der Waals surface area (Å²) in [6.07, 6.45) is 1.48. The van der Waals surface area contributed by atoms with Gasteiger partial charge < -0.3 is 14.5 Å². The number of fused-ring (bicyclic) bond motifs is 1. The first-order valence-corrected chi connectivity index (χ1v) is 7.33. The lowest BCUT2D eigenvalue weighted by Gasteiger charge is -2.30. The number of hydrogen-bond acceptors (Lipinski definition) is 5. The van der Waals surface area contributed by atoms with Gasteiger partial charge in [0.2, 0.25) is 0 Å². The second-order valence-corrected chi connectivity index (χ2v) is 5.79. The Morgan fingerprint density at radius 2 is 1.91 bits per heavy atom. The van der Waals surface area contributed by atoms with Crippen molar-refractivity contribution in [3.8, 4) is 5.75 Å². The molecule has 2 rings (SSSR count). The van der Waals surface area contributed by atoms with E-state index < -0.39 is 5.82 Å². The van der Waals surface area contributed by atoms with E-state index in [2.05, 4.69) is 33.6 Å². The fourth-order valence-electron chi connectivity index (χ4n) is 2.35. The standard InChI is InChI=1S/C16H23FN4O/c1-11(2)21(7-6-20(3)4)16-12-8-15(22-5)13(17)9-14(12)18-10-19-16/h8-11H,6-7H2,1-5H3. The molecule has 1 heterocycles. The molecular formula is C16H23FN4O. The summed E-state index contributed by atoms with van der Waals surface area (Å²) in [6.45, 7) is 5.97. The smallest absolute Gasteiger partial charge is 0.167 e. The quantitative estimate of drug-likeness (QED) is 0.820. The lowest BCUT2D eigenvalue weighted by atomic mass is 10.2. The molecule has 0 aliphatic carbocycles. The normalized spacial score (nSPS) is 11.5. The van der Waals surface area contributed by atoms with Crippen LogP contribution in [0.15, 0.2) is 18.5 Å². The van der Waals surface area contributed by atoms with E-state index in [1.54, 1.807) is 6.07 Å². The maximum Gasteiger partial charge on any atom is 0.167 e. The van der Waals surface area contributed by atoms with E-state index in [-0.39, 0.29) is 11.8 Å². The van der Waals surface area contributed by atoms with Crippen LogP contribution in [0, 0.1) is 5.82 Å². The summed E-state index contributed by atoms with van der Waals surface area (Å²) in [7, 11) is 5.53. The fraction of sp³-hybridized carbons (Fsp3) is 0.500. The Morgan fingerprint density at radius 3 is 2.50 bits per heavy atom. The number of ether oxygens (including phenoxy) is 1. The van der Waals surface area contributed by atoms with Gasteiger partial charge in [0.05, 0.1) is 12.6 Å². The van der Waals surface area contributed by atoms with Crippen molar-refractivity contribution in [2.75, 3.05) is 39.2 Å². The van der Waals surface area contributed by atoms with E-state index in [1.165, 1.54) is 19.5 Å². The van der Waals surface area contributed by atoms with E-state index in [0.717, 1.165) is 24.3 Å². The van der Waals surface area contributed by atoms with Crippen LogP contribution in [0.4, 0.5) is 10.2 Å². The van der Waals surface area contributed by atoms with Crippen LogP contribution >= 0.6 is 0 Å². The Bertz CT molecular complexity index is 645. The van der Waals surface area contributed by atoms with Crippen LogP contribution in [0.1, 0.15) is 13.8 Å². The zero-order valence-electron chi connectivity index (χ0n) is 13.8. The van der Waals surface area contributed by atoms with Gasteiger partial charge >= 0.3 is 0 Å². The number of hydrogen-bond donors (Lipinski definition) is 0. The third-order valence-electron chi connectivity index (χ3n) is 3.57. The Morgan fingerprint density at radius 1 is 1.18 bits per heavy atom. The molecular weight excluding hydrogens is 283 g/mol. The molecule has 0 aliphatic rings. The molecule has 0 radical (unpaired) electrons. The zero-order chi connectivity index (χ0) is 16.3. The molecule has 0 fully saturated rings. The molecule has 0 bridgehead atoms. The fourth-order valence-corrected chi connectivity index (χ4v) is 2.35. The molecule has 0 saturated carbocycles. The van der Waals surface area contributed by atoms with E-state index >= 15 is 0 Å². The maximum atomic E-state index is 13.9. The largest absolute Gasteiger partial charge is 0.494 e. The van der Waals surface area contributed by atoms with Crippen LogP contribution in [0.3, 0.4) is 0 Å². The van der Waals surface area contributed by atoms with Crippen molar-refractivity contribution in [1.29, 1.82) is 0 Å². The van der Waals surface area contributed by atoms with Gasteiger partial charge in [0.25, 0.3) is 0 Å². The van der Waals surface area contributed by atoms with Crippen LogP contribution in [-0.2, 0) is 0 Å². The highest BCUT2D eigenvalue weighted by atomic mass is 19.1. The average Bonchev–Trinajstić information content (AvgIpc) is 2.46. The SMILES string of the molecule is COc1cc2c(N(CCN(C)C)C(C)C)ncnc2cc1F. The van der Waals surface area contributed by atoms with Crippen molar-refractivity contribution in [3.05, 3.63) is 24.3 Å². The van der Waals surface area contributed by atoms with E-state index in [9.17, 15) is 4.39 Å². The number of methoxy groups -OCH3 is 1. The Labute approximate surface area is 130 Å². The third-order valence-corrected chi connectivity index (χ3v) is 3.57. The van der Waals surface area contributed by atoms with Gasteiger partial charge in [0.1, 0.15) is 12.1 Å². The van der Waals surface area contributed by atoms with Crippen LogP contribution in [0.2, 0.25) is 0 Å². The van der Waals surface area contributed by atoms with Crippen molar-refractivity contribution in [2.24, 2.45) is 0 Å². The molecule has 5 nitrogen and oxygen atoms in total. The van der Waals surface area contributed by atoms with Gasteiger partial charge in [-0.15, -0.1) is 0 Å². The summed E-state index contributed by atoms with van der Waals surface area (Å²) in [5, 5.41) is 0.799. The molecule has 0 unspecified atom stereocenters. The van der Waals surface area contributed by atoms with Crippen LogP contribution in [-0.4, -0.2) is 55.2 Å². The van der Waals surface area contributed by atoms with E-state index in [0.29, 0.717) is 5.52 Å². The van der Waals surface area contributed by atoms with Crippen LogP contribution < -0.4 is 9.64 Å². The lowest BCUT2D eigenvalue weighted by Crippen LogP contribution is -2.37. The summed E-state index contributed by atoms with van der Waals surface area (Å²) >= 11 is 0. The van der Waals surface area contributed by atoms with Crippen LogP contribution in [0.5, 0.6) is 5.75 Å². The third kappa shape index (κ3) is 3.44. The molecule has 1 aromatic heterocycles. The monoisotopic (exact) mass is 306 g/mol. The van der Waals surface area contributed by atoms with Gasteiger partial charge in [0, 0.05) is 30.6 Å². The number of anilines is 1. The molecule has 0 atom stereocenters. The highest BCUT2D eigenvalue weighted by Gasteiger charge is 2.17. The maximum absolute atomic E-state index is 13.9. The number of aromatic nitrogens is 2. The first-order chi connectivity index (χ1) is 10.4. The molecule has 0 amide bonds. The predicted octanol–water partition coefficient (Wildman–Crippen LogP) is 2.55. The summed E-state index contributed by atoms with van der Waals surface area (Å²) in [5.41, 5.74) is 0.582. The minimum atomic E-state index is -0.413. The molecule has 6 heteroatoms. The first-order valence-electron chi connectivity index (χ1n) is 7.33. The van der Waals surface area contributed by atoms with Crippen molar-refractivity contribution >= 4 is 16.7 Å². The molecule has 0 N–H and O–H groups in total. The van der Waals surface area contributed by atoms with Crippen molar-refractivity contribution in [3.63, 3.8) is 0 Å². The second kappa shape index (κ2) is 6.87. The summed E-state index contributed by atoms with van der Waals surface area (Å²) < 4.78 is 18.9. The molecule has 0 aliphatic heterocycles. The van der Waals surface area contributed by atoms with Gasteiger partial charge in [-0.3, -0.25) is 0 Å². The Balaban J connectivity index is 2.51. The van der Waals surface area contributed by atoms with Gasteiger partial charge in [0.15, 0.2) is 11.6 Å². The van der Waals surface area contributed by atoms with Gasteiger partial charge in [-0.1, -0.05) is 0 Å². The van der Waals surface area contributed by atoms with Crippen molar-refractivity contribution in [1.82, 2.24) is 14.9 Å². The number of benzene rings is 1. The molecule has 0 spiro atoms. The Hall–Kier alpha value is -1.95.